The molecule has 0 bridgehead atoms. The maximum atomic E-state index is 13.0. The van der Waals surface area contributed by atoms with Crippen molar-refractivity contribution in [2.24, 2.45) is 11.1 Å². The van der Waals surface area contributed by atoms with E-state index in [1.165, 1.54) is 0 Å². The number of carbonyl (C=O) groups excluding carboxylic acids is 1. The third-order valence-electron chi connectivity index (χ3n) is 5.17. The number of likely N-dealkylation sites (tertiary alicyclic amines) is 1. The van der Waals surface area contributed by atoms with E-state index >= 15 is 0 Å². The molecular weight excluding hydrogens is 374 g/mol. The molecule has 1 amide bonds. The van der Waals surface area contributed by atoms with Gasteiger partial charge in [0, 0.05) is 18.7 Å². The Labute approximate surface area is 170 Å². The number of amides is 1. The van der Waals surface area contributed by atoms with Crippen molar-refractivity contribution < 1.29 is 4.79 Å². The first-order valence-electron chi connectivity index (χ1n) is 9.17. The molecule has 1 aromatic heterocycles. The van der Waals surface area contributed by atoms with Crippen LogP contribution in [0.4, 0.5) is 0 Å². The van der Waals surface area contributed by atoms with Crippen LogP contribution >= 0.6 is 12.4 Å². The molecule has 7 heteroatoms. The van der Waals surface area contributed by atoms with E-state index in [1.54, 1.807) is 4.68 Å². The zero-order valence-electron chi connectivity index (χ0n) is 15.8. The van der Waals surface area contributed by atoms with Crippen LogP contribution in [0.2, 0.25) is 0 Å². The molecule has 2 N–H and O–H groups in total. The molecule has 1 fully saturated rings. The Morgan fingerprint density at radius 3 is 2.36 bits per heavy atom. The Bertz CT molecular complexity index is 887. The summed E-state index contributed by atoms with van der Waals surface area (Å²) in [6.07, 6.45) is 0.903. The van der Waals surface area contributed by atoms with Crippen molar-refractivity contribution in [3.63, 3.8) is 0 Å². The first kappa shape index (κ1) is 20.0. The minimum Gasteiger partial charge on any atom is -0.335 e. The summed E-state index contributed by atoms with van der Waals surface area (Å²) in [6.45, 7) is 4.01. The van der Waals surface area contributed by atoms with Gasteiger partial charge in [0.25, 0.3) is 5.91 Å². The number of rotatable bonds is 4. The molecule has 0 spiro atoms. The second kappa shape index (κ2) is 8.12. The molecule has 0 aliphatic carbocycles. The summed E-state index contributed by atoms with van der Waals surface area (Å²) in [7, 11) is 0. The smallest absolute Gasteiger partial charge is 0.293 e. The molecule has 1 saturated heterocycles. The molecular formula is C21H24ClN5O. The molecule has 6 nitrogen and oxygen atoms in total. The standard InChI is InChI=1S/C21H23N5O.ClH/c1-21(14-22)12-13-25(15-21)20(27)18-23-19(16-8-4-2-5-9-16)26(24-18)17-10-6-3-7-11-17;/h2-11H,12-15,22H2,1H3;1H. The maximum Gasteiger partial charge on any atom is 0.293 e. The molecule has 0 radical (unpaired) electrons. The zero-order valence-corrected chi connectivity index (χ0v) is 16.6. The predicted molar refractivity (Wildman–Crippen MR) is 112 cm³/mol. The van der Waals surface area contributed by atoms with Crippen molar-refractivity contribution in [3.8, 4) is 17.1 Å². The van der Waals surface area contributed by atoms with Gasteiger partial charge < -0.3 is 10.6 Å². The van der Waals surface area contributed by atoms with Gasteiger partial charge in [-0.1, -0.05) is 55.5 Å². The first-order chi connectivity index (χ1) is 13.1. The highest BCUT2D eigenvalue weighted by atomic mass is 35.5. The summed E-state index contributed by atoms with van der Waals surface area (Å²) < 4.78 is 1.74. The molecule has 2 aromatic carbocycles. The minimum absolute atomic E-state index is 0. The number of hydrogen-bond donors (Lipinski definition) is 1. The molecule has 0 saturated carbocycles. The number of carbonyl (C=O) groups is 1. The quantitative estimate of drug-likeness (QED) is 0.733. The van der Waals surface area contributed by atoms with Crippen LogP contribution in [0, 0.1) is 5.41 Å². The molecule has 1 aliphatic heterocycles. The lowest BCUT2D eigenvalue weighted by atomic mass is 9.90. The second-order valence-corrected chi connectivity index (χ2v) is 7.36. The lowest BCUT2D eigenvalue weighted by Crippen LogP contribution is -2.35. The summed E-state index contributed by atoms with van der Waals surface area (Å²) in [5, 5.41) is 4.56. The number of nitrogens with two attached hydrogens (primary N) is 1. The largest absolute Gasteiger partial charge is 0.335 e. The Kier molecular flexibility index (Phi) is 5.82. The van der Waals surface area contributed by atoms with Gasteiger partial charge in [-0.15, -0.1) is 17.5 Å². The summed E-state index contributed by atoms with van der Waals surface area (Å²) in [5.41, 5.74) is 7.64. The van der Waals surface area contributed by atoms with E-state index < -0.39 is 0 Å². The van der Waals surface area contributed by atoms with Gasteiger partial charge in [0.05, 0.1) is 5.69 Å². The zero-order chi connectivity index (χ0) is 18.9. The van der Waals surface area contributed by atoms with Gasteiger partial charge in [0.15, 0.2) is 5.82 Å². The molecule has 4 rings (SSSR count). The van der Waals surface area contributed by atoms with Crippen LogP contribution in [0.25, 0.3) is 17.1 Å². The molecule has 1 atom stereocenters. The summed E-state index contributed by atoms with van der Waals surface area (Å²) in [4.78, 5) is 19.4. The summed E-state index contributed by atoms with van der Waals surface area (Å²) in [6, 6.07) is 19.6. The average molecular weight is 398 g/mol. The molecule has 1 aliphatic rings. The van der Waals surface area contributed by atoms with Crippen molar-refractivity contribution in [3.05, 3.63) is 66.5 Å². The predicted octanol–water partition coefficient (Wildman–Crippen LogP) is 3.17. The van der Waals surface area contributed by atoms with E-state index in [4.69, 9.17) is 5.73 Å². The van der Waals surface area contributed by atoms with E-state index in [-0.39, 0.29) is 29.6 Å². The Balaban J connectivity index is 0.00000225. The van der Waals surface area contributed by atoms with Gasteiger partial charge >= 0.3 is 0 Å². The number of nitrogens with zero attached hydrogens (tertiary/aromatic N) is 4. The Hall–Kier alpha value is -2.70. The van der Waals surface area contributed by atoms with Gasteiger partial charge in [-0.2, -0.15) is 0 Å². The van der Waals surface area contributed by atoms with Crippen LogP contribution < -0.4 is 5.73 Å². The highest BCUT2D eigenvalue weighted by molar-refractivity contribution is 5.91. The van der Waals surface area contributed by atoms with Crippen LogP contribution in [-0.4, -0.2) is 45.2 Å². The highest BCUT2D eigenvalue weighted by Gasteiger charge is 2.36. The number of halogens is 1. The topological polar surface area (TPSA) is 77.0 Å². The van der Waals surface area contributed by atoms with Gasteiger partial charge in [0.1, 0.15) is 0 Å². The fourth-order valence-corrected chi connectivity index (χ4v) is 3.43. The van der Waals surface area contributed by atoms with Gasteiger partial charge in [-0.25, -0.2) is 9.67 Å². The van der Waals surface area contributed by atoms with E-state index in [2.05, 4.69) is 17.0 Å². The second-order valence-electron chi connectivity index (χ2n) is 7.36. The fourth-order valence-electron chi connectivity index (χ4n) is 3.43. The van der Waals surface area contributed by atoms with Crippen LogP contribution in [0.5, 0.6) is 0 Å². The maximum absolute atomic E-state index is 13.0. The molecule has 3 aromatic rings. The lowest BCUT2D eigenvalue weighted by molar-refractivity contribution is 0.0765. The van der Waals surface area contributed by atoms with E-state index in [9.17, 15) is 4.79 Å². The highest BCUT2D eigenvalue weighted by Crippen LogP contribution is 2.29. The van der Waals surface area contributed by atoms with Gasteiger partial charge in [0.2, 0.25) is 5.82 Å². The van der Waals surface area contributed by atoms with Crippen LogP contribution in [0.3, 0.4) is 0 Å². The summed E-state index contributed by atoms with van der Waals surface area (Å²) >= 11 is 0. The van der Waals surface area contributed by atoms with Gasteiger partial charge in [-0.3, -0.25) is 4.79 Å². The SMILES string of the molecule is CC1(CN)CCN(C(=O)c2nc(-c3ccccc3)n(-c3ccccc3)n2)C1.Cl. The number of hydrogen-bond acceptors (Lipinski definition) is 4. The monoisotopic (exact) mass is 397 g/mol. The average Bonchev–Trinajstić information content (AvgIpc) is 3.34. The minimum atomic E-state index is -0.140. The Morgan fingerprint density at radius 1 is 1.11 bits per heavy atom. The molecule has 2 heterocycles. The molecule has 1 unspecified atom stereocenters. The van der Waals surface area contributed by atoms with Crippen LogP contribution in [0.1, 0.15) is 24.0 Å². The van der Waals surface area contributed by atoms with E-state index in [0.29, 0.717) is 25.5 Å². The Morgan fingerprint density at radius 2 is 1.75 bits per heavy atom. The van der Waals surface area contributed by atoms with E-state index in [0.717, 1.165) is 17.7 Å². The fraction of sp³-hybridized carbons (Fsp3) is 0.286. The number of aromatic nitrogens is 3. The third-order valence-corrected chi connectivity index (χ3v) is 5.17. The lowest BCUT2D eigenvalue weighted by Gasteiger charge is -2.21. The van der Waals surface area contributed by atoms with Crippen molar-refractivity contribution in [2.45, 2.75) is 13.3 Å². The molecule has 146 valence electrons. The number of para-hydroxylation sites is 1. The normalized spacial score (nSPS) is 18.7. The van der Waals surface area contributed by atoms with Crippen molar-refractivity contribution in [1.82, 2.24) is 19.7 Å². The summed E-state index contributed by atoms with van der Waals surface area (Å²) in [5.74, 6) is 0.740. The van der Waals surface area contributed by atoms with Gasteiger partial charge in [-0.05, 0) is 30.5 Å². The number of benzene rings is 2. The molecule has 28 heavy (non-hydrogen) atoms. The van der Waals surface area contributed by atoms with Crippen LogP contribution in [0.15, 0.2) is 60.7 Å². The third kappa shape index (κ3) is 3.79. The van der Waals surface area contributed by atoms with E-state index in [1.807, 2.05) is 65.6 Å². The van der Waals surface area contributed by atoms with Crippen molar-refractivity contribution in [2.75, 3.05) is 19.6 Å². The van der Waals surface area contributed by atoms with Crippen LogP contribution in [-0.2, 0) is 0 Å². The first-order valence-corrected chi connectivity index (χ1v) is 9.17. The van der Waals surface area contributed by atoms with Crippen molar-refractivity contribution >= 4 is 18.3 Å². The van der Waals surface area contributed by atoms with Crippen molar-refractivity contribution in [1.29, 1.82) is 0 Å².